The average molecular weight is 354 g/mol. The summed E-state index contributed by atoms with van der Waals surface area (Å²) in [4.78, 5) is 13.8. The number of thioether (sulfide) groups is 1. The Balaban J connectivity index is 1.74. The van der Waals surface area contributed by atoms with Crippen LogP contribution in [0, 0.1) is 6.92 Å². The number of rotatable bonds is 5. The number of para-hydroxylation sites is 1. The van der Waals surface area contributed by atoms with Gasteiger partial charge in [-0.2, -0.15) is 9.50 Å². The largest absolute Gasteiger partial charge is 0.338 e. The molecule has 0 bridgehead atoms. The zero-order valence-electron chi connectivity index (χ0n) is 14.3. The SMILES string of the molecule is CCCc1noc(C(C)Sc2nc3ccccc3c3nc(C)nn23)n1. The minimum Gasteiger partial charge on any atom is -0.338 e. The predicted octanol–water partition coefficient (Wildman–Crippen LogP) is 3.77. The van der Waals surface area contributed by atoms with Gasteiger partial charge in [0.1, 0.15) is 5.82 Å². The molecule has 0 N–H and O–H groups in total. The van der Waals surface area contributed by atoms with Crippen LogP contribution in [0.1, 0.15) is 43.1 Å². The minimum absolute atomic E-state index is 0.0283. The molecule has 1 aromatic carbocycles. The van der Waals surface area contributed by atoms with Crippen LogP contribution in [0.15, 0.2) is 33.9 Å². The quantitative estimate of drug-likeness (QED) is 0.398. The zero-order valence-corrected chi connectivity index (χ0v) is 15.1. The molecule has 0 saturated carbocycles. The zero-order chi connectivity index (χ0) is 17.4. The van der Waals surface area contributed by atoms with Gasteiger partial charge in [0.15, 0.2) is 16.6 Å². The Bertz CT molecular complexity index is 1040. The van der Waals surface area contributed by atoms with Gasteiger partial charge in [-0.3, -0.25) is 0 Å². The van der Waals surface area contributed by atoms with E-state index in [9.17, 15) is 0 Å². The van der Waals surface area contributed by atoms with E-state index < -0.39 is 0 Å². The van der Waals surface area contributed by atoms with Crippen molar-refractivity contribution < 1.29 is 4.52 Å². The first-order valence-corrected chi connectivity index (χ1v) is 9.15. The van der Waals surface area contributed by atoms with Crippen molar-refractivity contribution in [2.45, 2.75) is 44.0 Å². The number of hydrogen-bond acceptors (Lipinski definition) is 7. The van der Waals surface area contributed by atoms with Gasteiger partial charge in [0.2, 0.25) is 5.89 Å². The number of aromatic nitrogens is 6. The normalized spacial score (nSPS) is 12.9. The molecule has 0 saturated heterocycles. The molecule has 1 atom stereocenters. The second kappa shape index (κ2) is 6.44. The van der Waals surface area contributed by atoms with E-state index in [1.165, 1.54) is 11.8 Å². The maximum atomic E-state index is 5.40. The van der Waals surface area contributed by atoms with Crippen molar-refractivity contribution in [2.75, 3.05) is 0 Å². The second-order valence-corrected chi connectivity index (χ2v) is 7.17. The van der Waals surface area contributed by atoms with Gasteiger partial charge in [-0.1, -0.05) is 36.0 Å². The van der Waals surface area contributed by atoms with E-state index in [4.69, 9.17) is 9.51 Å². The Hall–Kier alpha value is -2.48. The molecule has 0 aliphatic carbocycles. The minimum atomic E-state index is -0.0283. The molecular formula is C17H18N6OS. The summed E-state index contributed by atoms with van der Waals surface area (Å²) < 4.78 is 7.19. The molecule has 4 aromatic rings. The van der Waals surface area contributed by atoms with Crippen LogP contribution in [0.4, 0.5) is 0 Å². The Morgan fingerprint density at radius 1 is 1.20 bits per heavy atom. The highest BCUT2D eigenvalue weighted by Gasteiger charge is 2.20. The molecule has 25 heavy (non-hydrogen) atoms. The first kappa shape index (κ1) is 16.0. The van der Waals surface area contributed by atoms with Crippen molar-refractivity contribution in [3.05, 3.63) is 41.8 Å². The smallest absolute Gasteiger partial charge is 0.239 e. The fourth-order valence-electron chi connectivity index (χ4n) is 2.68. The van der Waals surface area contributed by atoms with E-state index in [1.807, 2.05) is 38.1 Å². The molecule has 7 nitrogen and oxygen atoms in total. The molecule has 0 aliphatic rings. The Labute approximate surface area is 148 Å². The average Bonchev–Trinajstić information content (AvgIpc) is 3.22. The summed E-state index contributed by atoms with van der Waals surface area (Å²) in [6, 6.07) is 7.96. The number of hydrogen-bond donors (Lipinski definition) is 0. The third kappa shape index (κ3) is 2.97. The maximum absolute atomic E-state index is 5.40. The van der Waals surface area contributed by atoms with Gasteiger partial charge < -0.3 is 4.52 Å². The van der Waals surface area contributed by atoms with Crippen molar-refractivity contribution in [1.82, 2.24) is 29.7 Å². The number of fused-ring (bicyclic) bond motifs is 3. The lowest BCUT2D eigenvalue weighted by Gasteiger charge is -2.08. The van der Waals surface area contributed by atoms with Crippen LogP contribution >= 0.6 is 11.8 Å². The van der Waals surface area contributed by atoms with Gasteiger partial charge in [0, 0.05) is 11.8 Å². The van der Waals surface area contributed by atoms with Crippen LogP contribution < -0.4 is 0 Å². The molecule has 0 spiro atoms. The van der Waals surface area contributed by atoms with E-state index in [0.717, 1.165) is 46.2 Å². The number of aryl methyl sites for hydroxylation is 2. The fraction of sp³-hybridized carbons (Fsp3) is 0.353. The van der Waals surface area contributed by atoms with Crippen LogP contribution in [-0.2, 0) is 6.42 Å². The van der Waals surface area contributed by atoms with E-state index in [0.29, 0.717) is 5.89 Å². The van der Waals surface area contributed by atoms with Gasteiger partial charge in [-0.25, -0.2) is 9.97 Å². The van der Waals surface area contributed by atoms with Crippen LogP contribution in [0.2, 0.25) is 0 Å². The Morgan fingerprint density at radius 3 is 2.88 bits per heavy atom. The van der Waals surface area contributed by atoms with Gasteiger partial charge >= 0.3 is 0 Å². The molecule has 1 unspecified atom stereocenters. The first-order valence-electron chi connectivity index (χ1n) is 8.27. The van der Waals surface area contributed by atoms with Crippen LogP contribution in [-0.4, -0.2) is 29.7 Å². The molecule has 128 valence electrons. The third-order valence-electron chi connectivity index (χ3n) is 3.84. The predicted molar refractivity (Wildman–Crippen MR) is 95.6 cm³/mol. The Kier molecular flexibility index (Phi) is 4.12. The van der Waals surface area contributed by atoms with Crippen molar-refractivity contribution in [1.29, 1.82) is 0 Å². The standard InChI is InChI=1S/C17H18N6OS/c1-4-7-14-20-16(24-22-14)10(2)25-17-19-13-9-6-5-8-12(13)15-18-11(3)21-23(15)17/h5-6,8-10H,4,7H2,1-3H3. The highest BCUT2D eigenvalue weighted by Crippen LogP contribution is 2.34. The summed E-state index contributed by atoms with van der Waals surface area (Å²) in [5.74, 6) is 2.07. The van der Waals surface area contributed by atoms with E-state index in [-0.39, 0.29) is 5.25 Å². The molecule has 8 heteroatoms. The Morgan fingerprint density at radius 2 is 2.04 bits per heavy atom. The molecular weight excluding hydrogens is 336 g/mol. The van der Waals surface area contributed by atoms with Gasteiger partial charge in [-0.15, -0.1) is 5.10 Å². The van der Waals surface area contributed by atoms with Gasteiger partial charge in [0.25, 0.3) is 0 Å². The first-order chi connectivity index (χ1) is 12.2. The lowest BCUT2D eigenvalue weighted by atomic mass is 10.2. The molecule has 0 amide bonds. The molecule has 3 heterocycles. The molecule has 0 radical (unpaired) electrons. The number of nitrogens with zero attached hydrogens (tertiary/aromatic N) is 6. The lowest BCUT2D eigenvalue weighted by molar-refractivity contribution is 0.374. The second-order valence-electron chi connectivity index (χ2n) is 5.86. The molecule has 4 rings (SSSR count). The highest BCUT2D eigenvalue weighted by atomic mass is 32.2. The molecule has 0 aliphatic heterocycles. The molecule has 3 aromatic heterocycles. The van der Waals surface area contributed by atoms with Crippen molar-refractivity contribution in [3.63, 3.8) is 0 Å². The summed E-state index contributed by atoms with van der Waals surface area (Å²) in [5.41, 5.74) is 1.71. The topological polar surface area (TPSA) is 82.0 Å². The maximum Gasteiger partial charge on any atom is 0.239 e. The van der Waals surface area contributed by atoms with Crippen LogP contribution in [0.3, 0.4) is 0 Å². The summed E-state index contributed by atoms with van der Waals surface area (Å²) in [6.45, 7) is 6.01. The van der Waals surface area contributed by atoms with E-state index in [2.05, 4.69) is 27.1 Å². The monoisotopic (exact) mass is 354 g/mol. The van der Waals surface area contributed by atoms with Crippen molar-refractivity contribution in [3.8, 4) is 0 Å². The lowest BCUT2D eigenvalue weighted by Crippen LogP contribution is -2.00. The summed E-state index contributed by atoms with van der Waals surface area (Å²) in [7, 11) is 0. The van der Waals surface area contributed by atoms with Gasteiger partial charge in [-0.05, 0) is 32.4 Å². The van der Waals surface area contributed by atoms with Crippen LogP contribution in [0.25, 0.3) is 16.6 Å². The van der Waals surface area contributed by atoms with Crippen molar-refractivity contribution in [2.24, 2.45) is 0 Å². The highest BCUT2D eigenvalue weighted by molar-refractivity contribution is 7.99. The number of benzene rings is 1. The summed E-state index contributed by atoms with van der Waals surface area (Å²) in [5, 5.41) is 10.3. The summed E-state index contributed by atoms with van der Waals surface area (Å²) >= 11 is 1.54. The van der Waals surface area contributed by atoms with Gasteiger partial charge in [0.05, 0.1) is 10.8 Å². The van der Waals surface area contributed by atoms with E-state index in [1.54, 1.807) is 4.52 Å². The third-order valence-corrected chi connectivity index (χ3v) is 4.87. The van der Waals surface area contributed by atoms with E-state index >= 15 is 0 Å². The summed E-state index contributed by atoms with van der Waals surface area (Å²) in [6.07, 6.45) is 1.81. The fourth-order valence-corrected chi connectivity index (χ4v) is 3.57. The van der Waals surface area contributed by atoms with Crippen LogP contribution in [0.5, 0.6) is 0 Å². The molecule has 0 fully saturated rings. The van der Waals surface area contributed by atoms with Crippen molar-refractivity contribution >= 4 is 28.3 Å².